The van der Waals surface area contributed by atoms with Gasteiger partial charge in [-0.05, 0) is 49.5 Å². The van der Waals surface area contributed by atoms with Gasteiger partial charge in [0.2, 0.25) is 10.0 Å². The first-order valence-corrected chi connectivity index (χ1v) is 7.62. The monoisotopic (exact) mass is 326 g/mol. The lowest BCUT2D eigenvalue weighted by Crippen LogP contribution is -2.19. The zero-order chi connectivity index (χ0) is 16.3. The van der Waals surface area contributed by atoms with E-state index < -0.39 is 27.6 Å². The number of anilines is 1. The second-order valence-corrected chi connectivity index (χ2v) is 6.20. The Kier molecular flexibility index (Phi) is 4.53. The number of carbonyl (C=O) groups excluding carboxylic acids is 1. The average Bonchev–Trinajstić information content (AvgIpc) is 2.49. The molecule has 1 amide bonds. The molecule has 8 heteroatoms. The van der Waals surface area contributed by atoms with Crippen molar-refractivity contribution in [3.8, 4) is 0 Å². The summed E-state index contributed by atoms with van der Waals surface area (Å²) in [6.07, 6.45) is 0. The van der Waals surface area contributed by atoms with Gasteiger partial charge in [0.05, 0.1) is 10.6 Å². The minimum absolute atomic E-state index is 0.146. The Morgan fingerprint density at radius 2 is 1.68 bits per heavy atom. The Balaban J connectivity index is 2.24. The van der Waals surface area contributed by atoms with Crippen molar-refractivity contribution in [1.29, 1.82) is 0 Å². The molecule has 2 N–H and O–H groups in total. The van der Waals surface area contributed by atoms with E-state index in [1.165, 1.54) is 19.2 Å². The van der Waals surface area contributed by atoms with Gasteiger partial charge in [-0.25, -0.2) is 21.9 Å². The van der Waals surface area contributed by atoms with E-state index in [4.69, 9.17) is 0 Å². The smallest absolute Gasteiger partial charge is 0.255 e. The second kappa shape index (κ2) is 6.20. The third kappa shape index (κ3) is 3.46. The maximum atomic E-state index is 13.9. The van der Waals surface area contributed by atoms with Crippen molar-refractivity contribution in [1.82, 2.24) is 4.72 Å². The van der Waals surface area contributed by atoms with E-state index in [-0.39, 0.29) is 16.1 Å². The summed E-state index contributed by atoms with van der Waals surface area (Å²) in [5.41, 5.74) is -0.0305. The highest BCUT2D eigenvalue weighted by Crippen LogP contribution is 2.19. The first-order valence-electron chi connectivity index (χ1n) is 6.13. The summed E-state index contributed by atoms with van der Waals surface area (Å²) in [6, 6.07) is 7.81. The Morgan fingerprint density at radius 3 is 2.23 bits per heavy atom. The lowest BCUT2D eigenvalue weighted by Gasteiger charge is -2.08. The number of hydrogen-bond acceptors (Lipinski definition) is 3. The Bertz CT molecular complexity index is 805. The molecule has 0 fully saturated rings. The van der Waals surface area contributed by atoms with Crippen molar-refractivity contribution in [2.24, 2.45) is 0 Å². The molecular formula is C14H12F2N2O3S. The lowest BCUT2D eigenvalue weighted by atomic mass is 10.2. The largest absolute Gasteiger partial charge is 0.319 e. The molecule has 2 rings (SSSR count). The van der Waals surface area contributed by atoms with Crippen LogP contribution in [-0.2, 0) is 10.0 Å². The van der Waals surface area contributed by atoms with Crippen molar-refractivity contribution < 1.29 is 22.0 Å². The molecule has 0 bridgehead atoms. The molecule has 0 radical (unpaired) electrons. The highest BCUT2D eigenvalue weighted by molar-refractivity contribution is 7.89. The van der Waals surface area contributed by atoms with E-state index in [1.54, 1.807) is 0 Å². The van der Waals surface area contributed by atoms with Gasteiger partial charge in [-0.3, -0.25) is 4.79 Å². The molecule has 2 aromatic carbocycles. The number of amides is 1. The molecule has 0 heterocycles. The van der Waals surface area contributed by atoms with Crippen LogP contribution in [0.1, 0.15) is 10.4 Å². The topological polar surface area (TPSA) is 75.3 Å². The van der Waals surface area contributed by atoms with Gasteiger partial charge in [-0.2, -0.15) is 0 Å². The van der Waals surface area contributed by atoms with E-state index >= 15 is 0 Å². The highest BCUT2D eigenvalue weighted by atomic mass is 32.2. The van der Waals surface area contributed by atoms with Crippen molar-refractivity contribution in [2.75, 3.05) is 12.4 Å². The van der Waals surface area contributed by atoms with Crippen molar-refractivity contribution >= 4 is 21.6 Å². The summed E-state index contributed by atoms with van der Waals surface area (Å²) in [4.78, 5) is 11.6. The van der Waals surface area contributed by atoms with E-state index in [0.717, 1.165) is 30.3 Å². The zero-order valence-electron chi connectivity index (χ0n) is 11.4. The Labute approximate surface area is 126 Å². The zero-order valence-corrected chi connectivity index (χ0v) is 12.2. The lowest BCUT2D eigenvalue weighted by molar-refractivity contribution is 0.102. The number of hydrogen-bond donors (Lipinski definition) is 2. The average molecular weight is 326 g/mol. The van der Waals surface area contributed by atoms with E-state index in [1.807, 2.05) is 0 Å². The molecule has 0 aliphatic rings. The van der Waals surface area contributed by atoms with Crippen LogP contribution < -0.4 is 10.0 Å². The summed E-state index contributed by atoms with van der Waals surface area (Å²) in [5, 5.41) is 2.29. The van der Waals surface area contributed by atoms with Crippen molar-refractivity contribution in [2.45, 2.75) is 4.90 Å². The van der Waals surface area contributed by atoms with Gasteiger partial charge in [0.1, 0.15) is 11.6 Å². The molecule has 0 unspecified atom stereocenters. The SMILES string of the molecule is CNS(=O)(=O)c1ccc(NC(=O)c2ccc(F)cc2)c(F)c1. The minimum Gasteiger partial charge on any atom is -0.319 e. The van der Waals surface area contributed by atoms with Crippen LogP contribution in [0.5, 0.6) is 0 Å². The van der Waals surface area contributed by atoms with Crippen LogP contribution in [0.3, 0.4) is 0 Å². The van der Waals surface area contributed by atoms with Crippen LogP contribution in [0.25, 0.3) is 0 Å². The minimum atomic E-state index is -3.77. The maximum absolute atomic E-state index is 13.9. The van der Waals surface area contributed by atoms with Gasteiger partial charge in [0.15, 0.2) is 0 Å². The molecule has 0 atom stereocenters. The molecule has 2 aromatic rings. The number of sulfonamides is 1. The fourth-order valence-electron chi connectivity index (χ4n) is 1.68. The van der Waals surface area contributed by atoms with Crippen LogP contribution >= 0.6 is 0 Å². The normalized spacial score (nSPS) is 11.2. The molecule has 0 spiro atoms. The Morgan fingerprint density at radius 1 is 1.05 bits per heavy atom. The van der Waals surface area contributed by atoms with Gasteiger partial charge < -0.3 is 5.32 Å². The molecule has 0 saturated carbocycles. The molecule has 116 valence electrons. The van der Waals surface area contributed by atoms with Crippen LogP contribution in [0.2, 0.25) is 0 Å². The molecule has 0 saturated heterocycles. The summed E-state index contributed by atoms with van der Waals surface area (Å²) >= 11 is 0. The standard InChI is InChI=1S/C14H12F2N2O3S/c1-17-22(20,21)11-6-7-13(12(16)8-11)18-14(19)9-2-4-10(15)5-3-9/h2-8,17H,1H3,(H,18,19). The number of rotatable bonds is 4. The first kappa shape index (κ1) is 16.1. The summed E-state index contributed by atoms with van der Waals surface area (Å²) in [5.74, 6) is -2.03. The van der Waals surface area contributed by atoms with Crippen molar-refractivity contribution in [3.63, 3.8) is 0 Å². The number of carbonyl (C=O) groups is 1. The maximum Gasteiger partial charge on any atom is 0.255 e. The van der Waals surface area contributed by atoms with Gasteiger partial charge in [0.25, 0.3) is 5.91 Å². The predicted octanol–water partition coefficient (Wildman–Crippen LogP) is 2.13. The molecule has 0 aliphatic heterocycles. The van der Waals surface area contributed by atoms with Crippen LogP contribution in [0.4, 0.5) is 14.5 Å². The van der Waals surface area contributed by atoms with E-state index in [9.17, 15) is 22.0 Å². The fraction of sp³-hybridized carbons (Fsp3) is 0.0714. The van der Waals surface area contributed by atoms with E-state index in [0.29, 0.717) is 0 Å². The number of halogens is 2. The summed E-state index contributed by atoms with van der Waals surface area (Å²) < 4.78 is 51.8. The summed E-state index contributed by atoms with van der Waals surface area (Å²) in [7, 11) is -2.56. The summed E-state index contributed by atoms with van der Waals surface area (Å²) in [6.45, 7) is 0. The van der Waals surface area contributed by atoms with Crippen LogP contribution in [-0.4, -0.2) is 21.4 Å². The van der Waals surface area contributed by atoms with E-state index in [2.05, 4.69) is 10.0 Å². The second-order valence-electron chi connectivity index (χ2n) is 4.31. The molecule has 0 aliphatic carbocycles. The number of nitrogens with one attached hydrogen (secondary N) is 2. The fourth-order valence-corrected chi connectivity index (χ4v) is 2.42. The first-order chi connectivity index (χ1) is 10.3. The van der Waals surface area contributed by atoms with Gasteiger partial charge in [-0.15, -0.1) is 0 Å². The third-order valence-electron chi connectivity index (χ3n) is 2.87. The predicted molar refractivity (Wildman–Crippen MR) is 77.0 cm³/mol. The van der Waals surface area contributed by atoms with Gasteiger partial charge >= 0.3 is 0 Å². The highest BCUT2D eigenvalue weighted by Gasteiger charge is 2.15. The molecular weight excluding hydrogens is 314 g/mol. The van der Waals surface area contributed by atoms with Crippen LogP contribution in [0.15, 0.2) is 47.4 Å². The van der Waals surface area contributed by atoms with Crippen LogP contribution in [0, 0.1) is 11.6 Å². The Hall–Kier alpha value is -2.32. The quantitative estimate of drug-likeness (QED) is 0.904. The third-order valence-corrected chi connectivity index (χ3v) is 4.29. The molecule has 22 heavy (non-hydrogen) atoms. The van der Waals surface area contributed by atoms with Crippen molar-refractivity contribution in [3.05, 3.63) is 59.7 Å². The van der Waals surface area contributed by atoms with Gasteiger partial charge in [0, 0.05) is 5.56 Å². The number of benzene rings is 2. The molecule has 5 nitrogen and oxygen atoms in total. The molecule has 0 aromatic heterocycles. The van der Waals surface area contributed by atoms with Gasteiger partial charge in [-0.1, -0.05) is 0 Å².